The first-order valence-corrected chi connectivity index (χ1v) is 6.09. The van der Waals surface area contributed by atoms with Crippen molar-refractivity contribution in [3.05, 3.63) is 58.4 Å². The van der Waals surface area contributed by atoms with E-state index in [9.17, 15) is 9.59 Å². The highest BCUT2D eigenvalue weighted by atomic mass is 35.5. The zero-order valence-electron chi connectivity index (χ0n) is 10.5. The minimum absolute atomic E-state index is 0.145. The number of anilines is 1. The fourth-order valence-electron chi connectivity index (χ4n) is 1.54. The molecular formula is C14H8ClN3O3. The molecule has 0 fully saturated rings. The quantitative estimate of drug-likeness (QED) is 0.906. The van der Waals surface area contributed by atoms with Crippen molar-refractivity contribution >= 4 is 29.2 Å². The van der Waals surface area contributed by atoms with Gasteiger partial charge in [0, 0.05) is 11.9 Å². The van der Waals surface area contributed by atoms with E-state index in [4.69, 9.17) is 22.0 Å². The molecule has 0 saturated carbocycles. The van der Waals surface area contributed by atoms with E-state index in [2.05, 4.69) is 10.3 Å². The number of nitrogens with zero attached hydrogens (tertiary/aromatic N) is 2. The van der Waals surface area contributed by atoms with Crippen LogP contribution in [0.15, 0.2) is 36.5 Å². The second-order valence-electron chi connectivity index (χ2n) is 4.00. The molecule has 104 valence electrons. The molecule has 1 heterocycles. The summed E-state index contributed by atoms with van der Waals surface area (Å²) in [7, 11) is 0. The molecule has 2 N–H and O–H groups in total. The number of carboxylic acid groups (broad SMARTS) is 1. The fraction of sp³-hybridized carbons (Fsp3) is 0. The predicted octanol–water partition coefficient (Wildman–Crippen LogP) is 2.56. The SMILES string of the molecule is N#Cc1ccc(NC(=O)c2ccc(C(=O)O)nc2)cc1Cl. The van der Waals surface area contributed by atoms with Gasteiger partial charge in [0.2, 0.25) is 0 Å². The largest absolute Gasteiger partial charge is 0.477 e. The Bertz CT molecular complexity index is 751. The van der Waals surface area contributed by atoms with Crippen molar-refractivity contribution in [1.29, 1.82) is 5.26 Å². The summed E-state index contributed by atoms with van der Waals surface area (Å²) >= 11 is 5.86. The van der Waals surface area contributed by atoms with Crippen LogP contribution in [0.3, 0.4) is 0 Å². The van der Waals surface area contributed by atoms with Crippen LogP contribution in [0.1, 0.15) is 26.4 Å². The molecule has 0 aliphatic carbocycles. The third-order valence-electron chi connectivity index (χ3n) is 2.59. The monoisotopic (exact) mass is 301 g/mol. The maximum Gasteiger partial charge on any atom is 0.354 e. The Morgan fingerprint density at radius 1 is 1.29 bits per heavy atom. The third-order valence-corrected chi connectivity index (χ3v) is 2.90. The number of aromatic nitrogens is 1. The van der Waals surface area contributed by atoms with Crippen LogP contribution in [0.2, 0.25) is 5.02 Å². The number of pyridine rings is 1. The topological polar surface area (TPSA) is 103 Å². The molecule has 6 nitrogen and oxygen atoms in total. The molecule has 0 aliphatic rings. The standard InChI is InChI=1S/C14H8ClN3O3/c15-11-5-10(3-1-8(11)6-16)18-13(19)9-2-4-12(14(20)21)17-7-9/h1-5,7H,(H,18,19)(H,20,21). The molecule has 0 saturated heterocycles. The van der Waals surface area contributed by atoms with Crippen LogP contribution in [0.5, 0.6) is 0 Å². The summed E-state index contributed by atoms with van der Waals surface area (Å²) in [5.41, 5.74) is 0.793. The van der Waals surface area contributed by atoms with Crippen LogP contribution in [-0.2, 0) is 0 Å². The van der Waals surface area contributed by atoms with E-state index < -0.39 is 11.9 Å². The van der Waals surface area contributed by atoms with E-state index in [0.29, 0.717) is 11.3 Å². The maximum atomic E-state index is 12.0. The summed E-state index contributed by atoms with van der Waals surface area (Å²) < 4.78 is 0. The second kappa shape index (κ2) is 6.03. The predicted molar refractivity (Wildman–Crippen MR) is 75.3 cm³/mol. The first-order valence-electron chi connectivity index (χ1n) is 5.71. The Kier molecular flexibility index (Phi) is 4.16. The van der Waals surface area contributed by atoms with Crippen LogP contribution < -0.4 is 5.32 Å². The molecule has 0 unspecified atom stereocenters. The number of nitrogens with one attached hydrogen (secondary N) is 1. The first-order chi connectivity index (χ1) is 10.0. The summed E-state index contributed by atoms with van der Waals surface area (Å²) in [4.78, 5) is 26.3. The summed E-state index contributed by atoms with van der Waals surface area (Å²) in [5, 5.41) is 20.3. The summed E-state index contributed by atoms with van der Waals surface area (Å²) in [6.45, 7) is 0. The number of carboxylic acids is 1. The summed E-state index contributed by atoms with van der Waals surface area (Å²) in [5.74, 6) is -1.62. The lowest BCUT2D eigenvalue weighted by atomic mass is 10.2. The number of halogens is 1. The third kappa shape index (κ3) is 3.35. The van der Waals surface area contributed by atoms with Crippen molar-refractivity contribution in [2.75, 3.05) is 5.32 Å². The van der Waals surface area contributed by atoms with Crippen molar-refractivity contribution in [3.8, 4) is 6.07 Å². The second-order valence-corrected chi connectivity index (χ2v) is 4.41. The highest BCUT2D eigenvalue weighted by molar-refractivity contribution is 6.32. The highest BCUT2D eigenvalue weighted by Crippen LogP contribution is 2.20. The molecule has 1 amide bonds. The molecule has 2 aromatic rings. The van der Waals surface area contributed by atoms with Crippen molar-refractivity contribution in [2.45, 2.75) is 0 Å². The van der Waals surface area contributed by atoms with Crippen LogP contribution in [0, 0.1) is 11.3 Å². The maximum absolute atomic E-state index is 12.0. The molecule has 0 bridgehead atoms. The van der Waals surface area contributed by atoms with Crippen LogP contribution in [0.25, 0.3) is 0 Å². The molecule has 2 rings (SSSR count). The molecule has 21 heavy (non-hydrogen) atoms. The van der Waals surface area contributed by atoms with Gasteiger partial charge in [-0.3, -0.25) is 4.79 Å². The summed E-state index contributed by atoms with van der Waals surface area (Å²) in [6.07, 6.45) is 1.17. The molecule has 0 aliphatic heterocycles. The fourth-order valence-corrected chi connectivity index (χ4v) is 1.76. The van der Waals surface area contributed by atoms with Gasteiger partial charge in [0.25, 0.3) is 5.91 Å². The van der Waals surface area contributed by atoms with Gasteiger partial charge in [-0.25, -0.2) is 9.78 Å². The number of carbonyl (C=O) groups excluding carboxylic acids is 1. The van der Waals surface area contributed by atoms with E-state index >= 15 is 0 Å². The Morgan fingerprint density at radius 3 is 2.57 bits per heavy atom. The van der Waals surface area contributed by atoms with Crippen molar-refractivity contribution in [1.82, 2.24) is 4.98 Å². The zero-order valence-corrected chi connectivity index (χ0v) is 11.3. The van der Waals surface area contributed by atoms with E-state index in [1.807, 2.05) is 6.07 Å². The average molecular weight is 302 g/mol. The van der Waals surface area contributed by atoms with Crippen molar-refractivity contribution in [2.24, 2.45) is 0 Å². The van der Waals surface area contributed by atoms with E-state index in [-0.39, 0.29) is 16.3 Å². The van der Waals surface area contributed by atoms with Crippen molar-refractivity contribution in [3.63, 3.8) is 0 Å². The van der Waals surface area contributed by atoms with E-state index in [1.165, 1.54) is 30.5 Å². The molecular weight excluding hydrogens is 294 g/mol. The van der Waals surface area contributed by atoms with Crippen LogP contribution in [0.4, 0.5) is 5.69 Å². The molecule has 0 atom stereocenters. The smallest absolute Gasteiger partial charge is 0.354 e. The lowest BCUT2D eigenvalue weighted by molar-refractivity contribution is 0.0690. The highest BCUT2D eigenvalue weighted by Gasteiger charge is 2.10. The summed E-state index contributed by atoms with van der Waals surface area (Å²) in [6, 6.07) is 9.00. The van der Waals surface area contributed by atoms with Gasteiger partial charge in [0.15, 0.2) is 0 Å². The van der Waals surface area contributed by atoms with Gasteiger partial charge in [-0.15, -0.1) is 0 Å². The van der Waals surface area contributed by atoms with E-state index in [1.54, 1.807) is 6.07 Å². The Labute approximate surface area is 124 Å². The van der Waals surface area contributed by atoms with Crippen LogP contribution in [-0.4, -0.2) is 22.0 Å². The minimum atomic E-state index is -1.17. The molecule has 7 heteroatoms. The van der Waals surface area contributed by atoms with Gasteiger partial charge in [-0.2, -0.15) is 5.26 Å². The normalized spacial score (nSPS) is 9.71. The number of hydrogen-bond acceptors (Lipinski definition) is 4. The number of aromatic carboxylic acids is 1. The zero-order chi connectivity index (χ0) is 15.4. The Balaban J connectivity index is 2.16. The number of amides is 1. The lowest BCUT2D eigenvalue weighted by Gasteiger charge is -2.06. The number of nitriles is 1. The van der Waals surface area contributed by atoms with E-state index in [0.717, 1.165) is 0 Å². The van der Waals surface area contributed by atoms with Crippen molar-refractivity contribution < 1.29 is 14.7 Å². The van der Waals surface area contributed by atoms with Gasteiger partial charge in [0.1, 0.15) is 11.8 Å². The van der Waals surface area contributed by atoms with Gasteiger partial charge >= 0.3 is 5.97 Å². The molecule has 0 radical (unpaired) electrons. The molecule has 0 spiro atoms. The van der Waals surface area contributed by atoms with Gasteiger partial charge < -0.3 is 10.4 Å². The number of benzene rings is 1. The number of hydrogen-bond donors (Lipinski definition) is 2. The van der Waals surface area contributed by atoms with Gasteiger partial charge in [0.05, 0.1) is 16.1 Å². The van der Waals surface area contributed by atoms with Crippen LogP contribution >= 0.6 is 11.6 Å². The average Bonchev–Trinajstić information content (AvgIpc) is 2.47. The lowest BCUT2D eigenvalue weighted by Crippen LogP contribution is -2.13. The first kappa shape index (κ1) is 14.5. The molecule has 1 aromatic heterocycles. The Hall–Kier alpha value is -2.91. The Morgan fingerprint density at radius 2 is 2.05 bits per heavy atom. The van der Waals surface area contributed by atoms with Gasteiger partial charge in [-0.05, 0) is 30.3 Å². The number of carbonyl (C=O) groups is 2. The number of rotatable bonds is 3. The molecule has 1 aromatic carbocycles. The van der Waals surface area contributed by atoms with Gasteiger partial charge in [-0.1, -0.05) is 11.6 Å². The minimum Gasteiger partial charge on any atom is -0.477 e.